The molecular weight excluding hydrogens is 300 g/mol. The molecule has 0 heterocycles. The molecule has 4 aliphatic carbocycles. The van der Waals surface area contributed by atoms with E-state index in [1.165, 1.54) is 51.9 Å². The minimum atomic E-state index is -0.475. The van der Waals surface area contributed by atoms with Gasteiger partial charge in [0.2, 0.25) is 0 Å². The molecule has 0 spiro atoms. The molecule has 3 heteroatoms. The largest absolute Gasteiger partial charge is 0.455 e. The Kier molecular flexibility index (Phi) is 3.85. The lowest BCUT2D eigenvalue weighted by atomic mass is 9.45. The quantitative estimate of drug-likeness (QED) is 0.663. The topological polar surface area (TPSA) is 43.4 Å². The van der Waals surface area contributed by atoms with E-state index < -0.39 is 6.10 Å². The first-order chi connectivity index (χ1) is 11.3. The highest BCUT2D eigenvalue weighted by molar-refractivity contribution is 5.86. The second kappa shape index (κ2) is 5.57. The van der Waals surface area contributed by atoms with Crippen molar-refractivity contribution in [2.75, 3.05) is 0 Å². The molecule has 3 nitrogen and oxygen atoms in total. The summed E-state index contributed by atoms with van der Waals surface area (Å²) in [5.41, 5.74) is 0.712. The number of carbonyl (C=O) groups excluding carboxylic acids is 2. The molecule has 0 aromatic carbocycles. The van der Waals surface area contributed by atoms with Crippen molar-refractivity contribution >= 4 is 11.8 Å². The van der Waals surface area contributed by atoms with Gasteiger partial charge in [-0.05, 0) is 79.4 Å². The number of rotatable bonds is 1. The molecule has 24 heavy (non-hydrogen) atoms. The zero-order chi connectivity index (χ0) is 17.1. The second-order valence-corrected chi connectivity index (χ2v) is 9.72. The minimum Gasteiger partial charge on any atom is -0.455 e. The molecule has 0 bridgehead atoms. The van der Waals surface area contributed by atoms with Crippen molar-refractivity contribution in [3.05, 3.63) is 0 Å². The van der Waals surface area contributed by atoms with Crippen LogP contribution in [0.1, 0.15) is 78.6 Å². The number of hydrogen-bond donors (Lipinski definition) is 0. The number of hydrogen-bond acceptors (Lipinski definition) is 3. The van der Waals surface area contributed by atoms with E-state index in [0.717, 1.165) is 18.3 Å². The molecule has 0 aromatic rings. The lowest BCUT2D eigenvalue weighted by Crippen LogP contribution is -2.55. The molecule has 0 saturated heterocycles. The van der Waals surface area contributed by atoms with Gasteiger partial charge in [-0.25, -0.2) is 0 Å². The van der Waals surface area contributed by atoms with Crippen LogP contribution in [0.15, 0.2) is 0 Å². The van der Waals surface area contributed by atoms with Gasteiger partial charge < -0.3 is 4.74 Å². The predicted octanol–water partition coefficient (Wildman–Crippen LogP) is 4.53. The van der Waals surface area contributed by atoms with Crippen LogP contribution < -0.4 is 0 Å². The highest BCUT2D eigenvalue weighted by atomic mass is 16.5. The molecule has 0 unspecified atom stereocenters. The van der Waals surface area contributed by atoms with E-state index in [4.69, 9.17) is 4.74 Å². The Bertz CT molecular complexity index is 555. The molecule has 4 rings (SSSR count). The van der Waals surface area contributed by atoms with Crippen molar-refractivity contribution in [3.63, 3.8) is 0 Å². The van der Waals surface area contributed by atoms with Gasteiger partial charge in [-0.15, -0.1) is 0 Å². The van der Waals surface area contributed by atoms with Crippen LogP contribution in [0.2, 0.25) is 0 Å². The molecule has 4 aliphatic rings. The van der Waals surface area contributed by atoms with Gasteiger partial charge in [0.25, 0.3) is 0 Å². The summed E-state index contributed by atoms with van der Waals surface area (Å²) in [7, 11) is 0. The molecule has 0 N–H and O–H groups in total. The van der Waals surface area contributed by atoms with E-state index in [-0.39, 0.29) is 17.2 Å². The van der Waals surface area contributed by atoms with Crippen molar-refractivity contribution < 1.29 is 14.3 Å². The Labute approximate surface area is 145 Å². The van der Waals surface area contributed by atoms with Crippen molar-refractivity contribution in [3.8, 4) is 0 Å². The Morgan fingerprint density at radius 1 is 1.08 bits per heavy atom. The normalized spacial score (nSPS) is 50.6. The first-order valence-corrected chi connectivity index (χ1v) is 10.0. The van der Waals surface area contributed by atoms with Gasteiger partial charge in [-0.3, -0.25) is 9.59 Å². The highest BCUT2D eigenvalue weighted by Gasteiger charge is 2.59. The zero-order valence-corrected chi connectivity index (χ0v) is 15.5. The standard InChI is InChI=1S/C21H32O3/c1-13(22)24-19-11-14-6-7-15-16-5-4-9-20(16,2)10-8-17(15)21(14,3)12-18(19)23/h14-17,19H,4-12H2,1-3H3/t14-,15-,16-,17-,19-,20-,21-/m0/s1. The average Bonchev–Trinajstić information content (AvgIpc) is 2.89. The number of ketones is 1. The number of ether oxygens (including phenoxy) is 1. The Balaban J connectivity index is 1.57. The zero-order valence-electron chi connectivity index (χ0n) is 15.5. The Hall–Kier alpha value is -0.860. The monoisotopic (exact) mass is 332 g/mol. The van der Waals surface area contributed by atoms with Crippen molar-refractivity contribution in [2.45, 2.75) is 84.7 Å². The third-order valence-corrected chi connectivity index (χ3v) is 8.57. The van der Waals surface area contributed by atoms with Crippen molar-refractivity contribution in [1.82, 2.24) is 0 Å². The summed E-state index contributed by atoms with van der Waals surface area (Å²) in [5.74, 6) is 2.82. The fourth-order valence-corrected chi connectivity index (χ4v) is 7.38. The second-order valence-electron chi connectivity index (χ2n) is 9.72. The fourth-order valence-electron chi connectivity index (χ4n) is 7.38. The first kappa shape index (κ1) is 16.6. The van der Waals surface area contributed by atoms with Crippen LogP contribution in [-0.4, -0.2) is 17.9 Å². The summed E-state index contributed by atoms with van der Waals surface area (Å²) < 4.78 is 5.33. The molecule has 0 aromatic heterocycles. The van der Waals surface area contributed by atoms with Gasteiger partial charge in [0, 0.05) is 13.3 Å². The Morgan fingerprint density at radius 2 is 1.88 bits per heavy atom. The van der Waals surface area contributed by atoms with E-state index in [2.05, 4.69) is 13.8 Å². The van der Waals surface area contributed by atoms with E-state index in [9.17, 15) is 9.59 Å². The van der Waals surface area contributed by atoms with Gasteiger partial charge >= 0.3 is 5.97 Å². The molecular formula is C21H32O3. The van der Waals surface area contributed by atoms with E-state index in [1.807, 2.05) is 0 Å². The molecule has 4 saturated carbocycles. The van der Waals surface area contributed by atoms with Crippen LogP contribution in [0, 0.1) is 34.5 Å². The third-order valence-electron chi connectivity index (χ3n) is 8.57. The van der Waals surface area contributed by atoms with Gasteiger partial charge in [-0.1, -0.05) is 20.3 Å². The summed E-state index contributed by atoms with van der Waals surface area (Å²) in [6.07, 6.45) is 10.3. The van der Waals surface area contributed by atoms with Gasteiger partial charge in [0.05, 0.1) is 0 Å². The fraction of sp³-hybridized carbons (Fsp3) is 0.905. The lowest BCUT2D eigenvalue weighted by Gasteiger charge is -2.60. The van der Waals surface area contributed by atoms with Crippen LogP contribution in [0.4, 0.5) is 0 Å². The van der Waals surface area contributed by atoms with Gasteiger partial charge in [0.15, 0.2) is 11.9 Å². The molecule has 7 atom stereocenters. The van der Waals surface area contributed by atoms with Crippen LogP contribution >= 0.6 is 0 Å². The number of Topliss-reactive ketones (excluding diaryl/α,β-unsaturated/α-hetero) is 1. The molecule has 0 aliphatic heterocycles. The average molecular weight is 332 g/mol. The van der Waals surface area contributed by atoms with Gasteiger partial charge in [0.1, 0.15) is 0 Å². The SMILES string of the molecule is CC(=O)O[C@H]1C[C@@H]2CC[C@H]3[C@@H]4CCC[C@@]4(C)CC[C@@H]3[C@@]2(C)CC1=O. The van der Waals surface area contributed by atoms with E-state index in [1.54, 1.807) is 0 Å². The molecule has 0 radical (unpaired) electrons. The van der Waals surface area contributed by atoms with Crippen LogP contribution in [0.5, 0.6) is 0 Å². The number of fused-ring (bicyclic) bond motifs is 5. The predicted molar refractivity (Wildman–Crippen MR) is 92.3 cm³/mol. The first-order valence-electron chi connectivity index (χ1n) is 10.0. The van der Waals surface area contributed by atoms with E-state index in [0.29, 0.717) is 23.7 Å². The molecule has 134 valence electrons. The maximum absolute atomic E-state index is 12.7. The summed E-state index contributed by atoms with van der Waals surface area (Å²) in [5, 5.41) is 0. The van der Waals surface area contributed by atoms with Gasteiger partial charge in [-0.2, -0.15) is 0 Å². The number of carbonyl (C=O) groups is 2. The summed E-state index contributed by atoms with van der Waals surface area (Å²) in [4.78, 5) is 24.0. The minimum absolute atomic E-state index is 0.139. The maximum Gasteiger partial charge on any atom is 0.303 e. The van der Waals surface area contributed by atoms with Crippen LogP contribution in [0.25, 0.3) is 0 Å². The summed E-state index contributed by atoms with van der Waals surface area (Å²) in [6.45, 7) is 6.33. The summed E-state index contributed by atoms with van der Waals surface area (Å²) >= 11 is 0. The maximum atomic E-state index is 12.7. The van der Waals surface area contributed by atoms with Crippen LogP contribution in [-0.2, 0) is 14.3 Å². The summed E-state index contributed by atoms with van der Waals surface area (Å²) in [6, 6.07) is 0. The van der Waals surface area contributed by atoms with E-state index >= 15 is 0 Å². The molecule has 0 amide bonds. The van der Waals surface area contributed by atoms with Crippen molar-refractivity contribution in [1.29, 1.82) is 0 Å². The Morgan fingerprint density at radius 3 is 2.62 bits per heavy atom. The molecule has 4 fully saturated rings. The number of esters is 1. The third kappa shape index (κ3) is 2.37. The smallest absolute Gasteiger partial charge is 0.303 e. The van der Waals surface area contributed by atoms with Crippen LogP contribution in [0.3, 0.4) is 0 Å². The lowest BCUT2D eigenvalue weighted by molar-refractivity contribution is -0.169. The highest BCUT2D eigenvalue weighted by Crippen LogP contribution is 2.65. The van der Waals surface area contributed by atoms with Crippen molar-refractivity contribution in [2.24, 2.45) is 34.5 Å².